The van der Waals surface area contributed by atoms with E-state index in [0.29, 0.717) is 22.9 Å². The minimum atomic E-state index is -0.524. The molecular formula is C24H22N4O5. The van der Waals surface area contributed by atoms with Gasteiger partial charge in [0.1, 0.15) is 11.5 Å². The summed E-state index contributed by atoms with van der Waals surface area (Å²) in [7, 11) is 1.58. The Morgan fingerprint density at radius 2 is 1.64 bits per heavy atom. The van der Waals surface area contributed by atoms with Gasteiger partial charge in [0.15, 0.2) is 6.61 Å². The number of benzene rings is 3. The van der Waals surface area contributed by atoms with Crippen LogP contribution < -0.4 is 20.1 Å². The van der Waals surface area contributed by atoms with Crippen LogP contribution in [0.4, 0.5) is 0 Å². The molecule has 0 saturated heterocycles. The number of rotatable bonds is 9. The van der Waals surface area contributed by atoms with Crippen LogP contribution in [0.25, 0.3) is 22.2 Å². The van der Waals surface area contributed by atoms with E-state index in [9.17, 15) is 9.59 Å². The van der Waals surface area contributed by atoms with Crippen molar-refractivity contribution in [2.24, 2.45) is 0 Å². The van der Waals surface area contributed by atoms with Gasteiger partial charge in [-0.2, -0.15) is 4.98 Å². The fourth-order valence-corrected chi connectivity index (χ4v) is 3.08. The Kier molecular flexibility index (Phi) is 6.79. The van der Waals surface area contributed by atoms with Gasteiger partial charge in [-0.05, 0) is 47.2 Å². The third-order valence-corrected chi connectivity index (χ3v) is 4.79. The molecule has 4 rings (SSSR count). The van der Waals surface area contributed by atoms with Crippen LogP contribution in [0.2, 0.25) is 0 Å². The number of aromatic nitrogens is 2. The van der Waals surface area contributed by atoms with Crippen molar-refractivity contribution in [3.63, 3.8) is 0 Å². The van der Waals surface area contributed by atoms with Crippen molar-refractivity contribution >= 4 is 22.6 Å². The molecule has 3 aromatic carbocycles. The van der Waals surface area contributed by atoms with Gasteiger partial charge in [0.05, 0.1) is 7.11 Å². The molecule has 168 valence electrons. The van der Waals surface area contributed by atoms with Crippen LogP contribution in [-0.4, -0.2) is 48.8 Å². The van der Waals surface area contributed by atoms with E-state index < -0.39 is 5.91 Å². The standard InChI is InChI=1S/C24H22N4O5/c1-31-19-9-7-17(8-10-19)22-27-24(33-28-22)23(30)26-13-12-25-21(29)15-32-20-11-6-16-4-2-3-5-18(16)14-20/h2-11,14H,12-13,15H2,1H3,(H,25,29)(H,26,30). The van der Waals surface area contributed by atoms with Gasteiger partial charge in [0.2, 0.25) is 5.82 Å². The topological polar surface area (TPSA) is 116 Å². The van der Waals surface area contributed by atoms with Crippen molar-refractivity contribution in [3.05, 3.63) is 72.6 Å². The lowest BCUT2D eigenvalue weighted by Gasteiger charge is -2.08. The number of carbonyl (C=O) groups is 2. The molecule has 9 heteroatoms. The van der Waals surface area contributed by atoms with E-state index in [1.165, 1.54) is 0 Å². The van der Waals surface area contributed by atoms with Crippen LogP contribution >= 0.6 is 0 Å². The second kappa shape index (κ2) is 10.3. The van der Waals surface area contributed by atoms with Crippen molar-refractivity contribution in [1.29, 1.82) is 0 Å². The molecule has 0 radical (unpaired) electrons. The highest BCUT2D eigenvalue weighted by Crippen LogP contribution is 2.21. The summed E-state index contributed by atoms with van der Waals surface area (Å²) in [6, 6.07) is 20.6. The molecule has 1 heterocycles. The first-order chi connectivity index (χ1) is 16.1. The number of methoxy groups -OCH3 is 1. The highest BCUT2D eigenvalue weighted by molar-refractivity contribution is 5.90. The van der Waals surface area contributed by atoms with Gasteiger partial charge in [-0.3, -0.25) is 9.59 Å². The van der Waals surface area contributed by atoms with Crippen LogP contribution in [0.15, 0.2) is 71.3 Å². The Bertz CT molecular complexity index is 1250. The fraction of sp³-hybridized carbons (Fsp3) is 0.167. The first-order valence-electron chi connectivity index (χ1n) is 10.3. The SMILES string of the molecule is COc1ccc(-c2noc(C(=O)NCCNC(=O)COc3ccc4ccccc4c3)n2)cc1. The lowest BCUT2D eigenvalue weighted by Crippen LogP contribution is -2.36. The average Bonchev–Trinajstić information content (AvgIpc) is 3.36. The molecule has 0 atom stereocenters. The van der Waals surface area contributed by atoms with E-state index in [-0.39, 0.29) is 31.5 Å². The predicted molar refractivity (Wildman–Crippen MR) is 121 cm³/mol. The van der Waals surface area contributed by atoms with E-state index in [2.05, 4.69) is 20.8 Å². The monoisotopic (exact) mass is 446 g/mol. The normalized spacial score (nSPS) is 10.6. The van der Waals surface area contributed by atoms with E-state index in [1.54, 1.807) is 31.4 Å². The lowest BCUT2D eigenvalue weighted by atomic mass is 10.1. The number of amides is 2. The highest BCUT2D eigenvalue weighted by Gasteiger charge is 2.16. The van der Waals surface area contributed by atoms with Crippen molar-refractivity contribution < 1.29 is 23.6 Å². The molecule has 0 spiro atoms. The lowest BCUT2D eigenvalue weighted by molar-refractivity contribution is -0.123. The van der Waals surface area contributed by atoms with Gasteiger partial charge < -0.3 is 24.6 Å². The molecular weight excluding hydrogens is 424 g/mol. The molecule has 0 fully saturated rings. The molecule has 0 saturated carbocycles. The highest BCUT2D eigenvalue weighted by atomic mass is 16.5. The maximum atomic E-state index is 12.2. The first kappa shape index (κ1) is 21.8. The van der Waals surface area contributed by atoms with Crippen molar-refractivity contribution in [3.8, 4) is 22.9 Å². The van der Waals surface area contributed by atoms with E-state index >= 15 is 0 Å². The molecule has 33 heavy (non-hydrogen) atoms. The van der Waals surface area contributed by atoms with Gasteiger partial charge in [0.25, 0.3) is 5.91 Å². The second-order valence-electron chi connectivity index (χ2n) is 7.06. The van der Waals surface area contributed by atoms with Gasteiger partial charge in [-0.15, -0.1) is 0 Å². The maximum Gasteiger partial charge on any atom is 0.316 e. The maximum absolute atomic E-state index is 12.2. The van der Waals surface area contributed by atoms with E-state index in [0.717, 1.165) is 10.8 Å². The van der Waals surface area contributed by atoms with Crippen LogP contribution in [0.1, 0.15) is 10.7 Å². The Balaban J connectivity index is 1.19. The molecule has 0 aliphatic carbocycles. The van der Waals surface area contributed by atoms with Crippen LogP contribution in [0.5, 0.6) is 11.5 Å². The summed E-state index contributed by atoms with van der Waals surface area (Å²) in [5, 5.41) is 11.3. The third-order valence-electron chi connectivity index (χ3n) is 4.79. The molecule has 9 nitrogen and oxygen atoms in total. The van der Waals surface area contributed by atoms with Crippen LogP contribution in [0.3, 0.4) is 0 Å². The Labute approximate surface area is 189 Å². The molecule has 4 aromatic rings. The summed E-state index contributed by atoms with van der Waals surface area (Å²) < 4.78 is 15.7. The molecule has 2 N–H and O–H groups in total. The molecule has 0 aliphatic heterocycles. The number of hydrogen-bond acceptors (Lipinski definition) is 7. The fourth-order valence-electron chi connectivity index (χ4n) is 3.08. The molecule has 0 bridgehead atoms. The summed E-state index contributed by atoms with van der Waals surface area (Å²) in [6.45, 7) is 0.299. The van der Waals surface area contributed by atoms with Crippen molar-refractivity contribution in [1.82, 2.24) is 20.8 Å². The minimum absolute atomic E-state index is 0.124. The molecule has 2 amide bonds. The smallest absolute Gasteiger partial charge is 0.316 e. The van der Waals surface area contributed by atoms with Crippen LogP contribution in [0, 0.1) is 0 Å². The number of carbonyl (C=O) groups excluding carboxylic acids is 2. The summed E-state index contributed by atoms with van der Waals surface area (Å²) in [5.74, 6) is 0.626. The van der Waals surface area contributed by atoms with Gasteiger partial charge in [-0.25, -0.2) is 0 Å². The summed E-state index contributed by atoms with van der Waals surface area (Å²) >= 11 is 0. The Hall–Kier alpha value is -4.40. The zero-order valence-electron chi connectivity index (χ0n) is 17.9. The van der Waals surface area contributed by atoms with Gasteiger partial charge >= 0.3 is 11.8 Å². The Morgan fingerprint density at radius 3 is 2.42 bits per heavy atom. The zero-order valence-corrected chi connectivity index (χ0v) is 17.9. The Morgan fingerprint density at radius 1 is 0.909 bits per heavy atom. The number of nitrogens with zero attached hydrogens (tertiary/aromatic N) is 2. The molecule has 0 unspecified atom stereocenters. The van der Waals surface area contributed by atoms with Crippen molar-refractivity contribution in [2.75, 3.05) is 26.8 Å². The summed E-state index contributed by atoms with van der Waals surface area (Å²) in [4.78, 5) is 28.3. The zero-order chi connectivity index (χ0) is 23.0. The first-order valence-corrected chi connectivity index (χ1v) is 10.3. The summed E-state index contributed by atoms with van der Waals surface area (Å²) in [6.07, 6.45) is 0. The minimum Gasteiger partial charge on any atom is -0.497 e. The van der Waals surface area contributed by atoms with Crippen molar-refractivity contribution in [2.45, 2.75) is 0 Å². The quantitative estimate of drug-likeness (QED) is 0.380. The van der Waals surface area contributed by atoms with Gasteiger partial charge in [-0.1, -0.05) is 35.5 Å². The second-order valence-corrected chi connectivity index (χ2v) is 7.06. The number of nitrogens with one attached hydrogen (secondary N) is 2. The van der Waals surface area contributed by atoms with E-state index in [1.807, 2.05) is 42.5 Å². The number of ether oxygens (including phenoxy) is 2. The largest absolute Gasteiger partial charge is 0.497 e. The number of fused-ring (bicyclic) bond motifs is 1. The average molecular weight is 446 g/mol. The van der Waals surface area contributed by atoms with Crippen LogP contribution in [-0.2, 0) is 4.79 Å². The predicted octanol–water partition coefficient (Wildman–Crippen LogP) is 2.82. The molecule has 0 aliphatic rings. The van der Waals surface area contributed by atoms with E-state index in [4.69, 9.17) is 14.0 Å². The third kappa shape index (κ3) is 5.65. The molecule has 1 aromatic heterocycles. The van der Waals surface area contributed by atoms with Gasteiger partial charge in [0, 0.05) is 18.7 Å². The summed E-state index contributed by atoms with van der Waals surface area (Å²) in [5.41, 5.74) is 0.692. The number of hydrogen-bond donors (Lipinski definition) is 2.